The van der Waals surface area contributed by atoms with Gasteiger partial charge in [-0.15, -0.1) is 0 Å². The molecule has 0 aromatic heterocycles. The fourth-order valence-electron chi connectivity index (χ4n) is 3.01. The molecule has 0 unspecified atom stereocenters. The van der Waals surface area contributed by atoms with Gasteiger partial charge < -0.3 is 9.84 Å². The van der Waals surface area contributed by atoms with Crippen molar-refractivity contribution in [3.8, 4) is 0 Å². The molecule has 0 aromatic rings. The Kier molecular flexibility index (Phi) is 2.34. The lowest BCUT2D eigenvalue weighted by atomic mass is 9.77. The molecule has 1 N–H and O–H groups in total. The lowest BCUT2D eigenvalue weighted by molar-refractivity contribution is -0.170. The van der Waals surface area contributed by atoms with E-state index in [4.69, 9.17) is 4.74 Å². The number of fused-ring (bicyclic) bond motifs is 1. The number of aliphatic hydroxyl groups is 1. The average molecular weight is 212 g/mol. The molecule has 2 saturated carbocycles. The van der Waals surface area contributed by atoms with Gasteiger partial charge in [0.25, 0.3) is 0 Å². The molecule has 15 heavy (non-hydrogen) atoms. The van der Waals surface area contributed by atoms with Crippen LogP contribution >= 0.6 is 0 Å². The van der Waals surface area contributed by atoms with Crippen LogP contribution in [0.5, 0.6) is 0 Å². The minimum atomic E-state index is -1.43. The van der Waals surface area contributed by atoms with Gasteiger partial charge in [-0.25, -0.2) is 0 Å². The second kappa shape index (κ2) is 3.30. The molecule has 2 atom stereocenters. The number of esters is 1. The standard InChI is InChI=1S/C11H16O4/c1-2-15-9(13)10-5-3-6-11(10,14)8(12)4-7-10/h14H,2-7H2,1H3/t10-,11-/m0/s1. The molecule has 2 fully saturated rings. The maximum Gasteiger partial charge on any atom is 0.315 e. The third-order valence-corrected chi connectivity index (χ3v) is 3.84. The second-order valence-corrected chi connectivity index (χ2v) is 4.44. The van der Waals surface area contributed by atoms with Gasteiger partial charge in [-0.2, -0.15) is 0 Å². The number of ketones is 1. The predicted molar refractivity (Wildman–Crippen MR) is 52.1 cm³/mol. The van der Waals surface area contributed by atoms with Gasteiger partial charge >= 0.3 is 5.97 Å². The Bertz CT molecular complexity index is 312. The van der Waals surface area contributed by atoms with Crippen molar-refractivity contribution < 1.29 is 19.4 Å². The Hall–Kier alpha value is -0.900. The zero-order valence-corrected chi connectivity index (χ0v) is 8.91. The van der Waals surface area contributed by atoms with Crippen LogP contribution in [0.3, 0.4) is 0 Å². The number of Topliss-reactive ketones (excluding diaryl/α,β-unsaturated/α-hetero) is 1. The Morgan fingerprint density at radius 3 is 2.87 bits per heavy atom. The lowest BCUT2D eigenvalue weighted by Gasteiger charge is -2.32. The van der Waals surface area contributed by atoms with Gasteiger partial charge in [0.1, 0.15) is 11.0 Å². The molecular formula is C11H16O4. The van der Waals surface area contributed by atoms with Gasteiger partial charge in [0.2, 0.25) is 0 Å². The van der Waals surface area contributed by atoms with Crippen molar-refractivity contribution in [1.29, 1.82) is 0 Å². The van der Waals surface area contributed by atoms with Crippen molar-refractivity contribution in [2.75, 3.05) is 6.61 Å². The molecule has 0 radical (unpaired) electrons. The summed E-state index contributed by atoms with van der Waals surface area (Å²) in [5, 5.41) is 10.3. The van der Waals surface area contributed by atoms with Crippen LogP contribution in [-0.2, 0) is 14.3 Å². The molecule has 0 saturated heterocycles. The lowest BCUT2D eigenvalue weighted by Crippen LogP contribution is -2.49. The summed E-state index contributed by atoms with van der Waals surface area (Å²) in [6.45, 7) is 2.03. The van der Waals surface area contributed by atoms with Crippen molar-refractivity contribution in [3.63, 3.8) is 0 Å². The third-order valence-electron chi connectivity index (χ3n) is 3.84. The molecule has 0 bridgehead atoms. The topological polar surface area (TPSA) is 63.6 Å². The van der Waals surface area contributed by atoms with E-state index in [-0.39, 0.29) is 5.78 Å². The van der Waals surface area contributed by atoms with Crippen molar-refractivity contribution in [1.82, 2.24) is 0 Å². The molecule has 0 aromatic carbocycles. The van der Waals surface area contributed by atoms with Crippen LogP contribution in [0, 0.1) is 5.41 Å². The molecule has 2 rings (SSSR count). The van der Waals surface area contributed by atoms with Gasteiger partial charge in [-0.3, -0.25) is 9.59 Å². The molecule has 2 aliphatic carbocycles. The fraction of sp³-hybridized carbons (Fsp3) is 0.818. The summed E-state index contributed by atoms with van der Waals surface area (Å²) in [7, 11) is 0. The number of carbonyl (C=O) groups excluding carboxylic acids is 2. The normalized spacial score (nSPS) is 39.2. The Balaban J connectivity index is 2.34. The van der Waals surface area contributed by atoms with Gasteiger partial charge in [-0.05, 0) is 32.6 Å². The number of rotatable bonds is 2. The van der Waals surface area contributed by atoms with Crippen LogP contribution < -0.4 is 0 Å². The minimum Gasteiger partial charge on any atom is -0.465 e. The summed E-state index contributed by atoms with van der Waals surface area (Å²) in [4.78, 5) is 23.5. The first-order valence-corrected chi connectivity index (χ1v) is 5.50. The Morgan fingerprint density at radius 2 is 2.20 bits per heavy atom. The van der Waals surface area contributed by atoms with Gasteiger partial charge in [0, 0.05) is 6.42 Å². The van der Waals surface area contributed by atoms with Crippen LogP contribution in [0.2, 0.25) is 0 Å². The highest BCUT2D eigenvalue weighted by atomic mass is 16.5. The zero-order valence-electron chi connectivity index (χ0n) is 8.91. The number of carbonyl (C=O) groups is 2. The minimum absolute atomic E-state index is 0.187. The van der Waals surface area contributed by atoms with E-state index >= 15 is 0 Å². The fourth-order valence-corrected chi connectivity index (χ4v) is 3.01. The molecule has 4 nitrogen and oxygen atoms in total. The number of hydrogen-bond donors (Lipinski definition) is 1. The largest absolute Gasteiger partial charge is 0.465 e. The zero-order chi connectivity index (χ0) is 11.1. The van der Waals surface area contributed by atoms with Crippen molar-refractivity contribution >= 4 is 11.8 Å². The maximum absolute atomic E-state index is 11.9. The molecule has 0 aliphatic heterocycles. The van der Waals surface area contributed by atoms with E-state index in [0.29, 0.717) is 32.3 Å². The molecule has 0 heterocycles. The summed E-state index contributed by atoms with van der Waals surface area (Å²) in [5.41, 5.74) is -2.36. The first-order chi connectivity index (χ1) is 7.07. The highest BCUT2D eigenvalue weighted by Gasteiger charge is 2.66. The first-order valence-electron chi connectivity index (χ1n) is 5.50. The highest BCUT2D eigenvalue weighted by molar-refractivity contribution is 5.98. The van der Waals surface area contributed by atoms with E-state index < -0.39 is 17.0 Å². The third kappa shape index (κ3) is 1.17. The van der Waals surface area contributed by atoms with Crippen LogP contribution in [0.25, 0.3) is 0 Å². The highest BCUT2D eigenvalue weighted by Crippen LogP contribution is 2.55. The number of ether oxygens (including phenoxy) is 1. The van der Waals surface area contributed by atoms with Gasteiger partial charge in [0.05, 0.1) is 6.61 Å². The summed E-state index contributed by atoms with van der Waals surface area (Å²) in [6.07, 6.45) is 2.45. The van der Waals surface area contributed by atoms with Gasteiger partial charge in [0.15, 0.2) is 5.78 Å². The SMILES string of the molecule is CCOC(=O)[C@@]12CCC[C@]1(O)C(=O)CC2. The molecule has 0 spiro atoms. The summed E-state index contributed by atoms with van der Waals surface area (Å²) < 4.78 is 4.99. The predicted octanol–water partition coefficient (Wildman–Crippen LogP) is 0.814. The van der Waals surface area contributed by atoms with E-state index in [1.165, 1.54) is 0 Å². The van der Waals surface area contributed by atoms with E-state index in [1.807, 2.05) is 0 Å². The van der Waals surface area contributed by atoms with Crippen LogP contribution in [0.15, 0.2) is 0 Å². The molecule has 4 heteroatoms. The maximum atomic E-state index is 11.9. The van der Waals surface area contributed by atoms with E-state index in [0.717, 1.165) is 6.42 Å². The number of hydrogen-bond acceptors (Lipinski definition) is 4. The van der Waals surface area contributed by atoms with Crippen molar-refractivity contribution in [2.45, 2.75) is 44.6 Å². The van der Waals surface area contributed by atoms with Crippen LogP contribution in [0.4, 0.5) is 0 Å². The monoisotopic (exact) mass is 212 g/mol. The van der Waals surface area contributed by atoms with Crippen LogP contribution in [-0.4, -0.2) is 29.1 Å². The summed E-state index contributed by atoms with van der Waals surface area (Å²) >= 11 is 0. The smallest absolute Gasteiger partial charge is 0.315 e. The van der Waals surface area contributed by atoms with Gasteiger partial charge in [-0.1, -0.05) is 0 Å². The summed E-state index contributed by atoms with van der Waals surface area (Å²) in [5.74, 6) is -0.580. The van der Waals surface area contributed by atoms with E-state index in [2.05, 4.69) is 0 Å². The molecule has 0 amide bonds. The average Bonchev–Trinajstić information content (AvgIpc) is 2.65. The molecule has 84 valence electrons. The van der Waals surface area contributed by atoms with Crippen molar-refractivity contribution in [2.24, 2.45) is 5.41 Å². The summed E-state index contributed by atoms with van der Waals surface area (Å²) in [6, 6.07) is 0. The van der Waals surface area contributed by atoms with E-state index in [1.54, 1.807) is 6.92 Å². The second-order valence-electron chi connectivity index (χ2n) is 4.44. The van der Waals surface area contributed by atoms with Crippen LogP contribution in [0.1, 0.15) is 39.0 Å². The van der Waals surface area contributed by atoms with E-state index in [9.17, 15) is 14.7 Å². The molecular weight excluding hydrogens is 196 g/mol. The van der Waals surface area contributed by atoms with Crippen molar-refractivity contribution in [3.05, 3.63) is 0 Å². The Labute approximate surface area is 88.6 Å². The molecule has 2 aliphatic rings. The quantitative estimate of drug-likeness (QED) is 0.688. The Morgan fingerprint density at radius 1 is 1.47 bits per heavy atom. The first kappa shape index (κ1) is 10.6.